The maximum absolute atomic E-state index is 11.3. The lowest BCUT2D eigenvalue weighted by Gasteiger charge is -2.26. The van der Waals surface area contributed by atoms with E-state index in [0.717, 1.165) is 0 Å². The molecule has 0 saturated heterocycles. The molecular weight excluding hydrogens is 250 g/mol. The molecule has 2 unspecified atom stereocenters. The predicted molar refractivity (Wildman–Crippen MR) is 57.8 cm³/mol. The van der Waals surface area contributed by atoms with Crippen molar-refractivity contribution in [3.63, 3.8) is 0 Å². The van der Waals surface area contributed by atoms with Crippen LogP contribution in [-0.4, -0.2) is 23.2 Å². The van der Waals surface area contributed by atoms with Gasteiger partial charge in [0.15, 0.2) is 0 Å². The van der Waals surface area contributed by atoms with Gasteiger partial charge < -0.3 is 11.5 Å². The lowest BCUT2D eigenvalue weighted by molar-refractivity contribution is 0.0550. The van der Waals surface area contributed by atoms with Crippen molar-refractivity contribution in [3.05, 3.63) is 0 Å². The van der Waals surface area contributed by atoms with Crippen LogP contribution in [0.3, 0.4) is 0 Å². The largest absolute Gasteiger partial charge is 0.322 e. The summed E-state index contributed by atoms with van der Waals surface area (Å²) in [6.45, 7) is 2.97. The molecule has 0 spiro atoms. The van der Waals surface area contributed by atoms with Crippen molar-refractivity contribution >= 4 is 31.5 Å². The van der Waals surface area contributed by atoms with E-state index in [4.69, 9.17) is 43.7 Å². The van der Waals surface area contributed by atoms with Crippen molar-refractivity contribution in [2.45, 2.75) is 25.3 Å². The fourth-order valence-corrected chi connectivity index (χ4v) is 1.70. The van der Waals surface area contributed by atoms with Gasteiger partial charge in [0.2, 0.25) is 0 Å². The van der Waals surface area contributed by atoms with Crippen LogP contribution < -0.4 is 11.5 Å². The molecular formula is C6H15Cl2N2O3P. The maximum Gasteiger partial charge on any atom is 0.322 e. The molecule has 0 radical (unpaired) electrons. The first-order valence-corrected chi connectivity index (χ1v) is 6.13. The van der Waals surface area contributed by atoms with Gasteiger partial charge in [0.1, 0.15) is 11.4 Å². The van der Waals surface area contributed by atoms with Crippen molar-refractivity contribution in [2.24, 2.45) is 11.5 Å². The van der Waals surface area contributed by atoms with Crippen molar-refractivity contribution in [3.8, 4) is 0 Å². The van der Waals surface area contributed by atoms with Gasteiger partial charge in [-0.2, -0.15) is 0 Å². The van der Waals surface area contributed by atoms with Crippen LogP contribution in [0.2, 0.25) is 0 Å². The Morgan fingerprint density at radius 2 is 1.43 bits per heavy atom. The molecule has 0 heterocycles. The Balaban J connectivity index is 4.12. The molecule has 4 N–H and O–H groups in total. The molecule has 0 amide bonds. The molecule has 0 bridgehead atoms. The Kier molecular flexibility index (Phi) is 5.92. The number of hydrogen-bond acceptors (Lipinski definition) is 5. The average Bonchev–Trinajstić information content (AvgIpc) is 2.02. The van der Waals surface area contributed by atoms with E-state index in [1.54, 1.807) is 0 Å². The van der Waals surface area contributed by atoms with Gasteiger partial charge in [0.05, 0.1) is 11.8 Å². The molecule has 14 heavy (non-hydrogen) atoms. The topological polar surface area (TPSA) is 87.6 Å². The predicted octanol–water partition coefficient (Wildman–Crippen LogP) is 1.24. The fourth-order valence-electron chi connectivity index (χ4n) is 0.456. The Labute approximate surface area is 94.0 Å². The van der Waals surface area contributed by atoms with E-state index in [1.165, 1.54) is 13.8 Å². The summed E-state index contributed by atoms with van der Waals surface area (Å²) in [5, 5.41) is 0. The second-order valence-electron chi connectivity index (χ2n) is 3.35. The minimum absolute atomic E-state index is 0.00503. The van der Waals surface area contributed by atoms with E-state index in [0.29, 0.717) is 0 Å². The third kappa shape index (κ3) is 6.19. The second kappa shape index (κ2) is 5.66. The van der Waals surface area contributed by atoms with Gasteiger partial charge in [-0.1, -0.05) is 0 Å². The normalized spacial score (nSPS) is 22.4. The minimum Gasteiger partial charge on any atom is -0.302 e. The van der Waals surface area contributed by atoms with Crippen LogP contribution in [-0.2, 0) is 13.6 Å². The van der Waals surface area contributed by atoms with Gasteiger partial charge in [-0.25, -0.2) is 0 Å². The van der Waals surface area contributed by atoms with Crippen LogP contribution >= 0.6 is 31.5 Å². The molecule has 0 aliphatic heterocycles. The third-order valence-corrected chi connectivity index (χ3v) is 3.49. The van der Waals surface area contributed by atoms with Crippen LogP contribution in [0, 0.1) is 0 Å². The number of alkyl halides is 2. The zero-order chi connectivity index (χ0) is 11.4. The summed E-state index contributed by atoms with van der Waals surface area (Å²) < 4.78 is 21.0. The van der Waals surface area contributed by atoms with Gasteiger partial charge in [-0.05, 0) is 13.8 Å². The van der Waals surface area contributed by atoms with Crippen molar-refractivity contribution < 1.29 is 13.6 Å². The molecule has 0 fully saturated rings. The van der Waals surface area contributed by atoms with Crippen LogP contribution in [0.5, 0.6) is 0 Å². The van der Waals surface area contributed by atoms with Crippen LogP contribution in [0.15, 0.2) is 0 Å². The Bertz CT molecular complexity index is 193. The van der Waals surface area contributed by atoms with Gasteiger partial charge in [-0.15, -0.1) is 23.2 Å². The van der Waals surface area contributed by atoms with E-state index >= 15 is 0 Å². The van der Waals surface area contributed by atoms with E-state index in [-0.39, 0.29) is 11.8 Å². The van der Waals surface area contributed by atoms with Crippen molar-refractivity contribution in [2.75, 3.05) is 11.8 Å². The summed E-state index contributed by atoms with van der Waals surface area (Å²) in [5.74, 6) is -0.0101. The number of halogens is 2. The molecule has 8 heteroatoms. The first kappa shape index (κ1) is 14.6. The van der Waals surface area contributed by atoms with E-state index < -0.39 is 19.7 Å². The SMILES string of the molecule is CC(N)(CCl)O[PH](=O)OC(C)(N)CCl. The van der Waals surface area contributed by atoms with Crippen LogP contribution in [0.4, 0.5) is 0 Å². The molecule has 0 rings (SSSR count). The summed E-state index contributed by atoms with van der Waals surface area (Å²) in [5.41, 5.74) is 8.60. The van der Waals surface area contributed by atoms with Gasteiger partial charge in [-0.3, -0.25) is 13.6 Å². The molecule has 86 valence electrons. The third-order valence-electron chi connectivity index (χ3n) is 1.16. The molecule has 0 saturated carbocycles. The zero-order valence-corrected chi connectivity index (χ0v) is 10.6. The summed E-state index contributed by atoms with van der Waals surface area (Å²) >= 11 is 10.9. The van der Waals surface area contributed by atoms with Gasteiger partial charge in [0.25, 0.3) is 0 Å². The zero-order valence-electron chi connectivity index (χ0n) is 8.05. The lowest BCUT2D eigenvalue weighted by Crippen LogP contribution is -2.42. The Morgan fingerprint density at radius 1 is 1.14 bits per heavy atom. The fraction of sp³-hybridized carbons (Fsp3) is 1.00. The smallest absolute Gasteiger partial charge is 0.302 e. The highest BCUT2D eigenvalue weighted by Crippen LogP contribution is 2.33. The minimum atomic E-state index is -2.80. The number of nitrogens with two attached hydrogens (primary N) is 2. The quantitative estimate of drug-likeness (QED) is 0.428. The molecule has 5 nitrogen and oxygen atoms in total. The molecule has 0 aliphatic carbocycles. The second-order valence-corrected chi connectivity index (χ2v) is 4.79. The molecule has 0 aromatic carbocycles. The van der Waals surface area contributed by atoms with E-state index in [2.05, 4.69) is 0 Å². The first-order chi connectivity index (χ1) is 6.22. The Hall–Kier alpha value is 0.650. The van der Waals surface area contributed by atoms with Crippen LogP contribution in [0.25, 0.3) is 0 Å². The van der Waals surface area contributed by atoms with Gasteiger partial charge >= 0.3 is 8.25 Å². The summed E-state index contributed by atoms with van der Waals surface area (Å²) in [6, 6.07) is 0. The summed E-state index contributed by atoms with van der Waals surface area (Å²) in [7, 11) is -2.80. The molecule has 0 aliphatic rings. The lowest BCUT2D eigenvalue weighted by atomic mass is 10.3. The Morgan fingerprint density at radius 3 is 1.64 bits per heavy atom. The highest BCUT2D eigenvalue weighted by atomic mass is 35.5. The highest BCUT2D eigenvalue weighted by Gasteiger charge is 2.26. The van der Waals surface area contributed by atoms with E-state index in [9.17, 15) is 4.57 Å². The number of hydrogen-bond donors (Lipinski definition) is 2. The summed E-state index contributed by atoms with van der Waals surface area (Å²) in [4.78, 5) is 0. The first-order valence-electron chi connectivity index (χ1n) is 3.84. The van der Waals surface area contributed by atoms with Crippen molar-refractivity contribution in [1.29, 1.82) is 0 Å². The van der Waals surface area contributed by atoms with Crippen molar-refractivity contribution in [1.82, 2.24) is 0 Å². The average molecular weight is 265 g/mol. The van der Waals surface area contributed by atoms with E-state index in [1.807, 2.05) is 0 Å². The van der Waals surface area contributed by atoms with Gasteiger partial charge in [0, 0.05) is 0 Å². The highest BCUT2D eigenvalue weighted by molar-refractivity contribution is 7.33. The molecule has 0 aromatic heterocycles. The number of rotatable bonds is 6. The summed E-state index contributed by atoms with van der Waals surface area (Å²) in [6.07, 6.45) is 0. The maximum atomic E-state index is 11.3. The monoisotopic (exact) mass is 264 g/mol. The molecule has 0 aromatic rings. The molecule has 2 atom stereocenters. The standard InChI is InChI=1S/C6H15Cl2N2O3P/c1-5(9,3-7)12-14(11)13-6(2,10)4-8/h14H,3-4,9-10H2,1-2H3. The van der Waals surface area contributed by atoms with Crippen LogP contribution in [0.1, 0.15) is 13.8 Å².